The summed E-state index contributed by atoms with van der Waals surface area (Å²) in [4.78, 5) is 28.4. The van der Waals surface area contributed by atoms with E-state index in [1.807, 2.05) is 37.3 Å². The van der Waals surface area contributed by atoms with Gasteiger partial charge in [-0.1, -0.05) is 116 Å². The molecule has 0 aliphatic carbocycles. The Bertz CT molecular complexity index is 3280. The van der Waals surface area contributed by atoms with Gasteiger partial charge >= 0.3 is 0 Å². The molecule has 0 saturated carbocycles. The SMILES string of the molecule is Cc1cc(-c2cccc(C(=O)NCCCCCCNC(=O)CCCCC[N+]3=C(/C=C/C=C/C=C4/c5ccc6ccccc6c5C(C)(C)N4C)C(C)(C)c4ccc5ccccc5c43)c2)ccc1OC1OC(CO)C(O)C(O)C1O. The van der Waals surface area contributed by atoms with Crippen LogP contribution in [0.1, 0.15) is 112 Å². The zero-order valence-corrected chi connectivity index (χ0v) is 46.0. The van der Waals surface area contributed by atoms with Gasteiger partial charge in [0.15, 0.2) is 5.71 Å². The molecule has 0 aromatic heterocycles. The molecule has 5 unspecified atom stereocenters. The third kappa shape index (κ3) is 11.7. The molecular formula is C66H77N4O8+. The maximum absolute atomic E-state index is 13.1. The second-order valence-electron chi connectivity index (χ2n) is 22.2. The van der Waals surface area contributed by atoms with Crippen molar-refractivity contribution in [2.24, 2.45) is 0 Å². The van der Waals surface area contributed by atoms with Gasteiger partial charge in [-0.3, -0.25) is 9.59 Å². The fourth-order valence-corrected chi connectivity index (χ4v) is 11.6. The average molecular weight is 1050 g/mol. The summed E-state index contributed by atoms with van der Waals surface area (Å²) in [6.07, 6.45) is 11.0. The van der Waals surface area contributed by atoms with Crippen LogP contribution < -0.4 is 15.4 Å². The van der Waals surface area contributed by atoms with E-state index in [4.69, 9.17) is 9.47 Å². The maximum atomic E-state index is 13.1. The van der Waals surface area contributed by atoms with Crippen LogP contribution in [0.25, 0.3) is 38.4 Å². The number of nitrogens with zero attached hydrogens (tertiary/aromatic N) is 2. The first-order valence-electron chi connectivity index (χ1n) is 27.8. The number of aliphatic hydroxyl groups is 4. The minimum Gasteiger partial charge on any atom is -0.462 e. The Hall–Kier alpha value is -6.93. The summed E-state index contributed by atoms with van der Waals surface area (Å²) in [7, 11) is 2.19. The Balaban J connectivity index is 0.710. The number of carbonyl (C=O) groups is 2. The van der Waals surface area contributed by atoms with Crippen molar-refractivity contribution in [3.05, 3.63) is 173 Å². The van der Waals surface area contributed by atoms with Crippen LogP contribution in [0.3, 0.4) is 0 Å². The molecule has 78 heavy (non-hydrogen) atoms. The predicted octanol–water partition coefficient (Wildman–Crippen LogP) is 10.5. The number of fused-ring (bicyclic) bond motifs is 6. The molecule has 3 aliphatic heterocycles. The summed E-state index contributed by atoms with van der Waals surface area (Å²) in [6.45, 7) is 12.6. The normalized spacial score (nSPS) is 21.0. The van der Waals surface area contributed by atoms with Crippen LogP contribution in [0.4, 0.5) is 5.69 Å². The second kappa shape index (κ2) is 24.4. The molecule has 5 atom stereocenters. The summed E-state index contributed by atoms with van der Waals surface area (Å²) in [5, 5.41) is 51.4. The van der Waals surface area contributed by atoms with E-state index in [1.54, 1.807) is 12.1 Å². The molecule has 2 amide bonds. The van der Waals surface area contributed by atoms with Gasteiger partial charge in [0.2, 0.25) is 17.9 Å². The Labute approximate surface area is 459 Å². The third-order valence-corrected chi connectivity index (χ3v) is 16.2. The van der Waals surface area contributed by atoms with Crippen molar-refractivity contribution >= 4 is 50.5 Å². The van der Waals surface area contributed by atoms with Gasteiger partial charge < -0.3 is 45.4 Å². The van der Waals surface area contributed by atoms with Gasteiger partial charge in [-0.25, -0.2) is 0 Å². The highest BCUT2D eigenvalue weighted by atomic mass is 16.7. The molecule has 1 saturated heterocycles. The molecule has 0 bridgehead atoms. The Morgan fingerprint density at radius 1 is 0.718 bits per heavy atom. The smallest absolute Gasteiger partial charge is 0.251 e. The summed E-state index contributed by atoms with van der Waals surface area (Å²) < 4.78 is 13.9. The lowest BCUT2D eigenvalue weighted by molar-refractivity contribution is -0.436. The first-order chi connectivity index (χ1) is 37.6. The zero-order chi connectivity index (χ0) is 55.1. The molecule has 3 aliphatic rings. The number of benzene rings is 6. The number of hydrogen-bond donors (Lipinski definition) is 6. The van der Waals surface area contributed by atoms with E-state index in [2.05, 4.69) is 158 Å². The molecule has 0 radical (unpaired) electrons. The van der Waals surface area contributed by atoms with E-state index in [-0.39, 0.29) is 22.8 Å². The number of ether oxygens (including phenoxy) is 2. The fraction of sp³-hybridized carbons (Fsp3) is 0.379. The van der Waals surface area contributed by atoms with Gasteiger partial charge in [0.05, 0.1) is 22.9 Å². The monoisotopic (exact) mass is 1050 g/mol. The van der Waals surface area contributed by atoms with Crippen molar-refractivity contribution in [2.45, 2.75) is 128 Å². The van der Waals surface area contributed by atoms with Gasteiger partial charge in [-0.15, -0.1) is 0 Å². The van der Waals surface area contributed by atoms with E-state index in [9.17, 15) is 30.0 Å². The molecule has 1 fully saturated rings. The number of nitrogens with one attached hydrogen (secondary N) is 2. The van der Waals surface area contributed by atoms with Crippen molar-refractivity contribution in [1.29, 1.82) is 0 Å². The quantitative estimate of drug-likeness (QED) is 0.0234. The summed E-state index contributed by atoms with van der Waals surface area (Å²) in [6, 6.07) is 39.2. The summed E-state index contributed by atoms with van der Waals surface area (Å²) in [5.41, 5.74) is 10.4. The first-order valence-corrected chi connectivity index (χ1v) is 27.8. The highest BCUT2D eigenvalue weighted by Gasteiger charge is 2.46. The molecule has 12 nitrogen and oxygen atoms in total. The van der Waals surface area contributed by atoms with Gasteiger partial charge in [0, 0.05) is 61.4 Å². The van der Waals surface area contributed by atoms with Crippen LogP contribution in [-0.4, -0.2) is 111 Å². The molecule has 3 heterocycles. The molecule has 408 valence electrons. The average Bonchev–Trinajstić information content (AvgIpc) is 4.03. The Morgan fingerprint density at radius 3 is 2.17 bits per heavy atom. The topological polar surface area (TPSA) is 164 Å². The van der Waals surface area contributed by atoms with Crippen molar-refractivity contribution in [2.75, 3.05) is 33.3 Å². The minimum atomic E-state index is -1.54. The van der Waals surface area contributed by atoms with E-state index < -0.39 is 37.3 Å². The lowest BCUT2D eigenvalue weighted by Gasteiger charge is -2.39. The molecule has 6 N–H and O–H groups in total. The van der Waals surface area contributed by atoms with Crippen LogP contribution in [0.2, 0.25) is 0 Å². The Morgan fingerprint density at radius 2 is 1.41 bits per heavy atom. The molecular weight excluding hydrogens is 977 g/mol. The zero-order valence-electron chi connectivity index (χ0n) is 46.0. The lowest BCUT2D eigenvalue weighted by atomic mass is 9.80. The van der Waals surface area contributed by atoms with Gasteiger partial charge in [-0.05, 0) is 135 Å². The van der Waals surface area contributed by atoms with Crippen molar-refractivity contribution in [1.82, 2.24) is 15.5 Å². The van der Waals surface area contributed by atoms with Gasteiger partial charge in [0.1, 0.15) is 36.7 Å². The standard InChI is InChI=1S/C66H76N4O8/c1-43-40-47(33-36-54(43)77-64-62(75)61(74)60(73)55(42-71)78-64)46-24-21-25-48(41-46)63(76)68-38-19-8-7-18-37-67-57(72)30-13-10-20-39-70-56(65(2,3)52-35-32-45-23-15-17-27-50(45)59(52)70)29-12-9-11-28-53-51-34-31-44-22-14-16-26-49(44)58(51)66(4,5)69(53)6/h9,11-12,14-17,21-29,31-36,40-41,55,60-62,64,71,73-75H,7-8,10,13,18-20,30,37-39,42H2,1-6H3,(H-,67,68,72,76)/p+1. The van der Waals surface area contributed by atoms with E-state index in [0.717, 1.165) is 68.2 Å². The third-order valence-electron chi connectivity index (χ3n) is 16.2. The van der Waals surface area contributed by atoms with Crippen LogP contribution in [0.15, 0.2) is 146 Å². The summed E-state index contributed by atoms with van der Waals surface area (Å²) >= 11 is 0. The fourth-order valence-electron chi connectivity index (χ4n) is 11.6. The predicted molar refractivity (Wildman–Crippen MR) is 311 cm³/mol. The van der Waals surface area contributed by atoms with Crippen molar-refractivity contribution in [3.8, 4) is 16.9 Å². The van der Waals surface area contributed by atoms with E-state index in [0.29, 0.717) is 30.8 Å². The van der Waals surface area contributed by atoms with Gasteiger partial charge in [-0.2, -0.15) is 4.58 Å². The van der Waals surface area contributed by atoms with Crippen LogP contribution in [-0.2, 0) is 20.5 Å². The number of unbranched alkanes of at least 4 members (excludes halogenated alkanes) is 5. The number of aryl methyl sites for hydroxylation is 1. The molecule has 0 spiro atoms. The minimum absolute atomic E-state index is 0.0943. The van der Waals surface area contributed by atoms with Crippen molar-refractivity contribution in [3.63, 3.8) is 0 Å². The number of aliphatic hydroxyl groups excluding tert-OH is 4. The van der Waals surface area contributed by atoms with E-state index >= 15 is 0 Å². The maximum Gasteiger partial charge on any atom is 0.251 e. The largest absolute Gasteiger partial charge is 0.462 e. The number of carbonyl (C=O) groups excluding carboxylic acids is 2. The summed E-state index contributed by atoms with van der Waals surface area (Å²) in [5.74, 6) is 0.339. The lowest BCUT2D eigenvalue weighted by Crippen LogP contribution is -2.60. The van der Waals surface area contributed by atoms with Crippen molar-refractivity contribution < 1.29 is 44.1 Å². The first kappa shape index (κ1) is 55.8. The number of hydrogen-bond acceptors (Lipinski definition) is 9. The number of allylic oxidation sites excluding steroid dienone is 5. The second-order valence-corrected chi connectivity index (χ2v) is 22.2. The molecule has 6 aromatic carbocycles. The number of amides is 2. The van der Waals surface area contributed by atoms with Crippen LogP contribution in [0, 0.1) is 6.92 Å². The highest BCUT2D eigenvalue weighted by Crippen LogP contribution is 2.48. The number of rotatable bonds is 21. The molecule has 12 heteroatoms. The molecule has 9 rings (SSSR count). The van der Waals surface area contributed by atoms with E-state index in [1.165, 1.54) is 55.3 Å². The highest BCUT2D eigenvalue weighted by molar-refractivity contribution is 6.07. The molecule has 6 aromatic rings. The van der Waals surface area contributed by atoms with Crippen LogP contribution >= 0.6 is 0 Å². The Kier molecular flexibility index (Phi) is 17.5. The van der Waals surface area contributed by atoms with Gasteiger partial charge in [0.25, 0.3) is 5.91 Å². The van der Waals surface area contributed by atoms with Crippen LogP contribution in [0.5, 0.6) is 5.75 Å².